The van der Waals surface area contributed by atoms with Crippen molar-refractivity contribution in [3.8, 4) is 0 Å². The van der Waals surface area contributed by atoms with Crippen LogP contribution in [-0.2, 0) is 27.3 Å². The average molecular weight is 511 g/mol. The minimum absolute atomic E-state index is 0.154. The fraction of sp³-hybridized carbons (Fsp3) is 0.409. The number of alkyl halides is 1. The number of halogens is 1. The number of amides is 1. The molecule has 1 aliphatic rings. The van der Waals surface area contributed by atoms with Crippen LogP contribution in [0.3, 0.4) is 0 Å². The first kappa shape index (κ1) is 22.2. The highest BCUT2D eigenvalue weighted by Crippen LogP contribution is 2.34. The van der Waals surface area contributed by atoms with Crippen LogP contribution in [0.25, 0.3) is 0 Å². The van der Waals surface area contributed by atoms with Gasteiger partial charge in [-0.05, 0) is 11.1 Å². The first-order chi connectivity index (χ1) is 13.9. The molecule has 3 rings (SSSR count). The van der Waals surface area contributed by atoms with Gasteiger partial charge in [-0.25, -0.2) is 0 Å². The van der Waals surface area contributed by atoms with Crippen molar-refractivity contribution in [1.29, 1.82) is 0 Å². The molecular formula is C22H26INO5. The third kappa shape index (κ3) is 5.35. The lowest BCUT2D eigenvalue weighted by Gasteiger charge is -2.50. The second-order valence-corrected chi connectivity index (χ2v) is 8.15. The summed E-state index contributed by atoms with van der Waals surface area (Å²) in [5.74, 6) is -0.335. The Morgan fingerprint density at radius 2 is 1.72 bits per heavy atom. The summed E-state index contributed by atoms with van der Waals surface area (Å²) in [6.45, 7) is 1.63. The summed E-state index contributed by atoms with van der Waals surface area (Å²) in [5.41, 5.74) is 0.143. The molecular weight excluding hydrogens is 485 g/mol. The number of rotatable bonds is 7. The summed E-state index contributed by atoms with van der Waals surface area (Å²) < 4.78 is 12.4. The molecule has 156 valence electrons. The SMILES string of the molecule is CC(=O)N[C@@H]1[C@@H](OCc2ccccc2)O[C@H](CI)[C@@H](O)[C@@]1(O)Cc1ccccc1. The molecule has 0 aromatic heterocycles. The number of hydrogen-bond donors (Lipinski definition) is 3. The van der Waals surface area contributed by atoms with Gasteiger partial charge in [0, 0.05) is 17.8 Å². The van der Waals surface area contributed by atoms with Crippen LogP contribution in [0.2, 0.25) is 0 Å². The van der Waals surface area contributed by atoms with Gasteiger partial charge in [0.25, 0.3) is 0 Å². The number of carbonyl (C=O) groups excluding carboxylic acids is 1. The summed E-state index contributed by atoms with van der Waals surface area (Å²) >= 11 is 2.11. The van der Waals surface area contributed by atoms with Crippen molar-refractivity contribution in [2.75, 3.05) is 4.43 Å². The molecule has 2 aromatic carbocycles. The van der Waals surface area contributed by atoms with Crippen molar-refractivity contribution in [3.63, 3.8) is 0 Å². The largest absolute Gasteiger partial charge is 0.387 e. The molecule has 0 spiro atoms. The van der Waals surface area contributed by atoms with E-state index in [1.807, 2.05) is 60.7 Å². The van der Waals surface area contributed by atoms with E-state index in [0.717, 1.165) is 11.1 Å². The Morgan fingerprint density at radius 1 is 1.14 bits per heavy atom. The van der Waals surface area contributed by atoms with E-state index in [2.05, 4.69) is 27.9 Å². The molecule has 0 saturated carbocycles. The second kappa shape index (κ2) is 9.99. The van der Waals surface area contributed by atoms with Gasteiger partial charge in [0.1, 0.15) is 17.7 Å². The minimum Gasteiger partial charge on any atom is -0.387 e. The van der Waals surface area contributed by atoms with Gasteiger partial charge in [0.05, 0.1) is 12.7 Å². The van der Waals surface area contributed by atoms with Crippen LogP contribution >= 0.6 is 22.6 Å². The molecule has 2 aromatic rings. The summed E-state index contributed by atoms with van der Waals surface area (Å²) in [4.78, 5) is 11.9. The van der Waals surface area contributed by atoms with Gasteiger partial charge >= 0.3 is 0 Å². The van der Waals surface area contributed by atoms with E-state index in [1.165, 1.54) is 6.92 Å². The highest BCUT2D eigenvalue weighted by Gasteiger charge is 2.56. The predicted octanol–water partition coefficient (Wildman–Crippen LogP) is 2.20. The third-order valence-electron chi connectivity index (χ3n) is 5.08. The quantitative estimate of drug-likeness (QED) is 0.392. The Bertz CT molecular complexity index is 790. The minimum atomic E-state index is -1.65. The molecule has 0 radical (unpaired) electrons. The summed E-state index contributed by atoms with van der Waals surface area (Å²) in [6, 6.07) is 18.1. The Morgan fingerprint density at radius 3 is 2.28 bits per heavy atom. The predicted molar refractivity (Wildman–Crippen MR) is 117 cm³/mol. The zero-order chi connectivity index (χ0) is 20.9. The lowest BCUT2D eigenvalue weighted by atomic mass is 9.78. The fourth-order valence-corrected chi connectivity index (χ4v) is 4.31. The molecule has 0 bridgehead atoms. The number of aliphatic hydroxyl groups excluding tert-OH is 1. The summed E-state index contributed by atoms with van der Waals surface area (Å²) in [7, 11) is 0. The first-order valence-corrected chi connectivity index (χ1v) is 11.0. The maximum Gasteiger partial charge on any atom is 0.217 e. The van der Waals surface area contributed by atoms with E-state index in [0.29, 0.717) is 4.43 Å². The van der Waals surface area contributed by atoms with E-state index in [-0.39, 0.29) is 18.9 Å². The molecule has 6 nitrogen and oxygen atoms in total. The maximum atomic E-state index is 11.9. The van der Waals surface area contributed by atoms with E-state index in [4.69, 9.17) is 9.47 Å². The van der Waals surface area contributed by atoms with Gasteiger partial charge in [-0.3, -0.25) is 4.79 Å². The van der Waals surface area contributed by atoms with E-state index < -0.39 is 30.1 Å². The van der Waals surface area contributed by atoms with Gasteiger partial charge in [0.2, 0.25) is 5.91 Å². The number of nitrogens with one attached hydrogen (secondary N) is 1. The van der Waals surface area contributed by atoms with Crippen LogP contribution in [0.15, 0.2) is 60.7 Å². The van der Waals surface area contributed by atoms with Crippen molar-refractivity contribution in [2.45, 2.75) is 50.1 Å². The highest BCUT2D eigenvalue weighted by molar-refractivity contribution is 14.1. The Hall–Kier alpha value is -1.52. The molecule has 1 amide bonds. The Kier molecular flexibility index (Phi) is 7.64. The lowest BCUT2D eigenvalue weighted by molar-refractivity contribution is -0.292. The number of benzene rings is 2. The van der Waals surface area contributed by atoms with E-state index >= 15 is 0 Å². The van der Waals surface area contributed by atoms with E-state index in [9.17, 15) is 15.0 Å². The topological polar surface area (TPSA) is 88.0 Å². The molecule has 1 heterocycles. The number of carbonyl (C=O) groups is 1. The molecule has 7 heteroatoms. The molecule has 3 N–H and O–H groups in total. The molecule has 1 saturated heterocycles. The van der Waals surface area contributed by atoms with Gasteiger partial charge < -0.3 is 25.0 Å². The van der Waals surface area contributed by atoms with Crippen molar-refractivity contribution < 1.29 is 24.5 Å². The zero-order valence-corrected chi connectivity index (χ0v) is 18.4. The zero-order valence-electron chi connectivity index (χ0n) is 16.2. The monoisotopic (exact) mass is 511 g/mol. The van der Waals surface area contributed by atoms with Gasteiger partial charge in [-0.2, -0.15) is 0 Å². The lowest BCUT2D eigenvalue weighted by Crippen LogP contribution is -2.72. The fourth-order valence-electron chi connectivity index (χ4n) is 3.63. The second-order valence-electron chi connectivity index (χ2n) is 7.27. The molecule has 1 aliphatic heterocycles. The summed E-state index contributed by atoms with van der Waals surface area (Å²) in [5, 5.41) is 25.3. The van der Waals surface area contributed by atoms with Gasteiger partial charge in [-0.15, -0.1) is 0 Å². The Balaban J connectivity index is 1.89. The van der Waals surface area contributed by atoms with Crippen LogP contribution in [0.1, 0.15) is 18.1 Å². The molecule has 0 aliphatic carbocycles. The van der Waals surface area contributed by atoms with E-state index in [1.54, 1.807) is 0 Å². The van der Waals surface area contributed by atoms with Crippen molar-refractivity contribution in [3.05, 3.63) is 71.8 Å². The van der Waals surface area contributed by atoms with Gasteiger partial charge in [-0.1, -0.05) is 83.3 Å². The van der Waals surface area contributed by atoms with Crippen molar-refractivity contribution in [1.82, 2.24) is 5.32 Å². The molecule has 0 unspecified atom stereocenters. The third-order valence-corrected chi connectivity index (χ3v) is 5.95. The molecule has 29 heavy (non-hydrogen) atoms. The molecule has 5 atom stereocenters. The Labute approximate surface area is 184 Å². The van der Waals surface area contributed by atoms with Crippen LogP contribution in [0, 0.1) is 0 Å². The van der Waals surface area contributed by atoms with Crippen LogP contribution in [0.5, 0.6) is 0 Å². The molecule has 1 fully saturated rings. The maximum absolute atomic E-state index is 11.9. The highest BCUT2D eigenvalue weighted by atomic mass is 127. The van der Waals surface area contributed by atoms with Crippen LogP contribution in [-0.4, -0.2) is 50.7 Å². The standard InChI is InChI=1S/C22H26INO5/c1-15(25)24-19-21(28-14-17-10-6-3-7-11-17)29-18(13-23)20(26)22(19,27)12-16-8-4-2-5-9-16/h2-11,18-21,26-27H,12-14H2,1H3,(H,24,25)/t18-,19-,20-,21+,22-/m1/s1. The van der Waals surface area contributed by atoms with Crippen molar-refractivity contribution in [2.24, 2.45) is 0 Å². The number of ether oxygens (including phenoxy) is 2. The number of hydrogen-bond acceptors (Lipinski definition) is 5. The normalized spacial score (nSPS) is 29.4. The van der Waals surface area contributed by atoms with Crippen molar-refractivity contribution >= 4 is 28.5 Å². The number of aliphatic hydroxyl groups is 2. The van der Waals surface area contributed by atoms with Crippen LogP contribution < -0.4 is 5.32 Å². The first-order valence-electron chi connectivity index (χ1n) is 9.52. The summed E-state index contributed by atoms with van der Waals surface area (Å²) in [6.07, 6.45) is -2.57. The van der Waals surface area contributed by atoms with Gasteiger partial charge in [0.15, 0.2) is 6.29 Å². The average Bonchev–Trinajstić information content (AvgIpc) is 2.72. The smallest absolute Gasteiger partial charge is 0.217 e. The van der Waals surface area contributed by atoms with Crippen LogP contribution in [0.4, 0.5) is 0 Å².